The highest BCUT2D eigenvalue weighted by molar-refractivity contribution is 5.87. The molecule has 0 bridgehead atoms. The molecule has 0 atom stereocenters. The van der Waals surface area contributed by atoms with Crippen molar-refractivity contribution in [2.75, 3.05) is 0 Å². The summed E-state index contributed by atoms with van der Waals surface area (Å²) in [5.74, 6) is -2.30. The number of carbonyl (C=O) groups is 1. The van der Waals surface area contributed by atoms with Crippen LogP contribution in [0.1, 0.15) is 20.8 Å². The van der Waals surface area contributed by atoms with Gasteiger partial charge < -0.3 is 4.74 Å². The van der Waals surface area contributed by atoms with Gasteiger partial charge in [0.1, 0.15) is 0 Å². The fourth-order valence-electron chi connectivity index (χ4n) is 0.310. The molecular weight excluding hydrogens is 132 g/mol. The van der Waals surface area contributed by atoms with Gasteiger partial charge in [0.15, 0.2) is 0 Å². The molecule has 0 unspecified atom stereocenters. The van der Waals surface area contributed by atoms with Crippen LogP contribution in [0.25, 0.3) is 0 Å². The second kappa shape index (κ2) is 2.84. The van der Waals surface area contributed by atoms with Crippen molar-refractivity contribution in [2.45, 2.75) is 26.6 Å². The van der Waals surface area contributed by atoms with E-state index < -0.39 is 11.8 Å². The smallest absolute Gasteiger partial charge is 0.335 e. The third kappa shape index (κ3) is 4.09. The SMILES string of the molecule is C=C(C)C(=O)OC(C)(C)[O]. The van der Waals surface area contributed by atoms with Gasteiger partial charge in [-0.05, 0) is 6.92 Å². The predicted molar refractivity (Wildman–Crippen MR) is 35.7 cm³/mol. The third-order valence-corrected chi connectivity index (χ3v) is 0.687. The van der Waals surface area contributed by atoms with Crippen LogP contribution in [0, 0.1) is 0 Å². The Labute approximate surface area is 60.3 Å². The van der Waals surface area contributed by atoms with Gasteiger partial charge in [-0.2, -0.15) is 5.11 Å². The molecule has 0 aromatic heterocycles. The molecule has 0 fully saturated rings. The van der Waals surface area contributed by atoms with E-state index in [4.69, 9.17) is 0 Å². The molecule has 0 aliphatic heterocycles. The highest BCUT2D eigenvalue weighted by Gasteiger charge is 2.20. The molecule has 3 nitrogen and oxygen atoms in total. The van der Waals surface area contributed by atoms with Crippen LogP contribution in [-0.2, 0) is 14.6 Å². The lowest BCUT2D eigenvalue weighted by Crippen LogP contribution is -2.25. The number of hydrogen-bond donors (Lipinski definition) is 0. The Morgan fingerprint density at radius 2 is 1.90 bits per heavy atom. The molecule has 0 aliphatic rings. The number of ether oxygens (including phenoxy) is 1. The quantitative estimate of drug-likeness (QED) is 0.332. The maximum Gasteiger partial charge on any atom is 0.335 e. The van der Waals surface area contributed by atoms with Crippen LogP contribution in [0.15, 0.2) is 12.2 Å². The van der Waals surface area contributed by atoms with Gasteiger partial charge in [-0.1, -0.05) is 6.58 Å². The lowest BCUT2D eigenvalue weighted by atomic mass is 10.3. The van der Waals surface area contributed by atoms with E-state index in [9.17, 15) is 9.90 Å². The molecule has 1 radical (unpaired) electrons. The molecule has 0 aromatic carbocycles. The Morgan fingerprint density at radius 3 is 2.00 bits per heavy atom. The fourth-order valence-corrected chi connectivity index (χ4v) is 0.310. The van der Waals surface area contributed by atoms with E-state index >= 15 is 0 Å². The lowest BCUT2D eigenvalue weighted by Gasteiger charge is -2.14. The Morgan fingerprint density at radius 1 is 1.50 bits per heavy atom. The maximum absolute atomic E-state index is 10.7. The minimum atomic E-state index is -1.66. The summed E-state index contributed by atoms with van der Waals surface area (Å²) in [6.07, 6.45) is 0. The summed E-state index contributed by atoms with van der Waals surface area (Å²) in [6.45, 7) is 7.36. The molecule has 0 aliphatic carbocycles. The van der Waals surface area contributed by atoms with Crippen molar-refractivity contribution >= 4 is 5.97 Å². The summed E-state index contributed by atoms with van der Waals surface area (Å²) in [5, 5.41) is 10.7. The number of hydrogen-bond acceptors (Lipinski definition) is 2. The normalized spacial score (nSPS) is 10.8. The van der Waals surface area contributed by atoms with E-state index in [0.29, 0.717) is 0 Å². The van der Waals surface area contributed by atoms with Crippen molar-refractivity contribution in [3.05, 3.63) is 12.2 Å². The molecule has 0 rings (SSSR count). The van der Waals surface area contributed by atoms with Gasteiger partial charge in [-0.15, -0.1) is 0 Å². The Balaban J connectivity index is 3.93. The van der Waals surface area contributed by atoms with Crippen LogP contribution in [0.3, 0.4) is 0 Å². The number of esters is 1. The first kappa shape index (κ1) is 9.17. The topological polar surface area (TPSA) is 46.2 Å². The highest BCUT2D eigenvalue weighted by atomic mass is 16.7. The van der Waals surface area contributed by atoms with Crippen LogP contribution >= 0.6 is 0 Å². The summed E-state index contributed by atoms with van der Waals surface area (Å²) < 4.78 is 4.41. The Hall–Kier alpha value is -0.830. The van der Waals surface area contributed by atoms with Crippen LogP contribution < -0.4 is 0 Å². The molecule has 0 saturated carbocycles. The van der Waals surface area contributed by atoms with Gasteiger partial charge in [0.2, 0.25) is 5.79 Å². The predicted octanol–water partition coefficient (Wildman–Crippen LogP) is 1.27. The second-order valence-corrected chi connectivity index (χ2v) is 2.57. The van der Waals surface area contributed by atoms with Crippen molar-refractivity contribution < 1.29 is 14.6 Å². The van der Waals surface area contributed by atoms with Crippen molar-refractivity contribution in [3.8, 4) is 0 Å². The summed E-state index contributed by atoms with van der Waals surface area (Å²) >= 11 is 0. The first-order valence-electron chi connectivity index (χ1n) is 2.92. The highest BCUT2D eigenvalue weighted by Crippen LogP contribution is 2.07. The van der Waals surface area contributed by atoms with Crippen LogP contribution in [0.2, 0.25) is 0 Å². The van der Waals surface area contributed by atoms with Crippen molar-refractivity contribution in [3.63, 3.8) is 0 Å². The number of rotatable bonds is 2. The molecule has 0 spiro atoms. The summed E-state index contributed by atoms with van der Waals surface area (Å²) in [6, 6.07) is 0. The third-order valence-electron chi connectivity index (χ3n) is 0.687. The van der Waals surface area contributed by atoms with Gasteiger partial charge in [0, 0.05) is 19.4 Å². The van der Waals surface area contributed by atoms with E-state index in [1.54, 1.807) is 0 Å². The van der Waals surface area contributed by atoms with Crippen molar-refractivity contribution in [2.24, 2.45) is 0 Å². The van der Waals surface area contributed by atoms with E-state index in [0.717, 1.165) is 0 Å². The van der Waals surface area contributed by atoms with Crippen LogP contribution in [0.4, 0.5) is 0 Å². The standard InChI is InChI=1S/C7H11O3/c1-5(2)6(8)10-7(3,4)9/h1H2,2-4H3. The van der Waals surface area contributed by atoms with Gasteiger partial charge in [0.05, 0.1) is 0 Å². The van der Waals surface area contributed by atoms with E-state index in [-0.39, 0.29) is 5.57 Å². The molecule has 57 valence electrons. The van der Waals surface area contributed by atoms with E-state index in [1.165, 1.54) is 20.8 Å². The first-order valence-corrected chi connectivity index (χ1v) is 2.92. The molecule has 0 heterocycles. The first-order chi connectivity index (χ1) is 4.33. The molecule has 10 heavy (non-hydrogen) atoms. The fraction of sp³-hybridized carbons (Fsp3) is 0.571. The van der Waals surface area contributed by atoms with Gasteiger partial charge in [-0.25, -0.2) is 4.79 Å². The molecule has 3 heteroatoms. The average molecular weight is 143 g/mol. The number of carbonyl (C=O) groups excluding carboxylic acids is 1. The molecule has 0 N–H and O–H groups in total. The van der Waals surface area contributed by atoms with E-state index in [1.807, 2.05) is 0 Å². The second-order valence-electron chi connectivity index (χ2n) is 2.57. The van der Waals surface area contributed by atoms with Crippen LogP contribution in [0.5, 0.6) is 0 Å². The Bertz CT molecular complexity index is 153. The summed E-state index contributed by atoms with van der Waals surface area (Å²) in [4.78, 5) is 10.6. The zero-order valence-electron chi connectivity index (χ0n) is 6.43. The average Bonchev–Trinajstić information content (AvgIpc) is 1.60. The summed E-state index contributed by atoms with van der Waals surface area (Å²) in [7, 11) is 0. The van der Waals surface area contributed by atoms with Gasteiger partial charge in [0.25, 0.3) is 0 Å². The Kier molecular flexibility index (Phi) is 2.60. The van der Waals surface area contributed by atoms with Gasteiger partial charge in [-0.3, -0.25) is 0 Å². The minimum absolute atomic E-state index is 0.240. The van der Waals surface area contributed by atoms with Crippen LogP contribution in [-0.4, -0.2) is 11.8 Å². The monoisotopic (exact) mass is 143 g/mol. The maximum atomic E-state index is 10.7. The van der Waals surface area contributed by atoms with Crippen molar-refractivity contribution in [1.82, 2.24) is 0 Å². The van der Waals surface area contributed by atoms with Gasteiger partial charge >= 0.3 is 5.97 Å². The molecule has 0 aromatic rings. The molecule has 0 saturated heterocycles. The summed E-state index contributed by atoms with van der Waals surface area (Å²) in [5.41, 5.74) is 0.240. The molecule has 0 amide bonds. The largest absolute Gasteiger partial charge is 0.428 e. The zero-order chi connectivity index (χ0) is 8.36. The minimum Gasteiger partial charge on any atom is -0.428 e. The molecular formula is C7H11O3. The lowest BCUT2D eigenvalue weighted by molar-refractivity contribution is -0.212. The zero-order valence-corrected chi connectivity index (χ0v) is 6.43. The van der Waals surface area contributed by atoms with Crippen molar-refractivity contribution in [1.29, 1.82) is 0 Å². The van der Waals surface area contributed by atoms with E-state index in [2.05, 4.69) is 11.3 Å².